The van der Waals surface area contributed by atoms with Gasteiger partial charge < -0.3 is 14.2 Å². The van der Waals surface area contributed by atoms with Crippen molar-refractivity contribution in [3.63, 3.8) is 0 Å². The number of aliphatic hydroxyl groups excluding tert-OH is 1. The van der Waals surface area contributed by atoms with E-state index in [4.69, 9.17) is 14.7 Å². The van der Waals surface area contributed by atoms with Crippen molar-refractivity contribution in [3.05, 3.63) is 124 Å². The lowest BCUT2D eigenvalue weighted by molar-refractivity contribution is -0.132. The molecule has 3 aromatic carbocycles. The number of para-hydroxylation sites is 1. The summed E-state index contributed by atoms with van der Waals surface area (Å²) < 4.78 is 8.88. The number of anilines is 1. The van der Waals surface area contributed by atoms with Crippen molar-refractivity contribution in [3.8, 4) is 11.5 Å². The molecular weight excluding hydrogens is 572 g/mol. The molecule has 0 bridgehead atoms. The van der Waals surface area contributed by atoms with Crippen molar-refractivity contribution in [2.24, 2.45) is 0 Å². The summed E-state index contributed by atoms with van der Waals surface area (Å²) >= 11 is 1.34. The smallest absolute Gasteiger partial charge is 0.301 e. The Hall–Kier alpha value is -5.28. The van der Waals surface area contributed by atoms with Crippen LogP contribution in [-0.4, -0.2) is 31.2 Å². The van der Waals surface area contributed by atoms with E-state index < -0.39 is 17.7 Å². The summed E-state index contributed by atoms with van der Waals surface area (Å²) in [4.78, 5) is 38.7. The first-order valence-electron chi connectivity index (χ1n) is 14.2. The van der Waals surface area contributed by atoms with Crippen LogP contribution in [0, 0.1) is 27.7 Å². The molecule has 44 heavy (non-hydrogen) atoms. The molecule has 0 saturated carbocycles. The largest absolute Gasteiger partial charge is 0.505 e. The fourth-order valence-corrected chi connectivity index (χ4v) is 7.02. The maximum atomic E-state index is 13.9. The Morgan fingerprint density at radius 1 is 0.864 bits per heavy atom. The van der Waals surface area contributed by atoms with Gasteiger partial charge in [-0.1, -0.05) is 53.8 Å². The van der Waals surface area contributed by atoms with Crippen LogP contribution < -0.4 is 9.64 Å². The van der Waals surface area contributed by atoms with Crippen LogP contribution in [-0.2, 0) is 9.59 Å². The number of Topliss-reactive ketones (excluding diaryl/α,β-unsaturated/α-hetero) is 1. The highest BCUT2D eigenvalue weighted by atomic mass is 32.1. The van der Waals surface area contributed by atoms with Gasteiger partial charge in [-0.2, -0.15) is 0 Å². The minimum atomic E-state index is -0.971. The molecule has 3 aromatic heterocycles. The molecule has 1 unspecified atom stereocenters. The highest BCUT2D eigenvalue weighted by Gasteiger charge is 2.48. The molecule has 1 N–H and O–H groups in total. The number of hydrogen-bond donors (Lipinski definition) is 1. The fraction of sp³-hybridized carbons (Fsp3) is 0.143. The zero-order valence-corrected chi connectivity index (χ0v) is 25.3. The first-order chi connectivity index (χ1) is 21.2. The van der Waals surface area contributed by atoms with E-state index in [1.54, 1.807) is 12.1 Å². The van der Waals surface area contributed by atoms with Crippen LogP contribution in [0.15, 0.2) is 90.6 Å². The van der Waals surface area contributed by atoms with Crippen LogP contribution in [0.3, 0.4) is 0 Å². The minimum Gasteiger partial charge on any atom is -0.505 e. The van der Waals surface area contributed by atoms with Crippen molar-refractivity contribution in [2.75, 3.05) is 4.90 Å². The molecule has 1 aliphatic rings. The standard InChI is InChI=1S/C35H28N4O4S/c1-19-16-21(3)28-26(17-19)44-35(37-28)39-30(23-11-8-14-25(18-23)43-24-12-6-5-7-13-24)27(32(41)34(39)42)31(40)29-22(4)38-15-9-10-20(2)33(38)36-29/h5-18,30,40H,1-4H3. The first-order valence-corrected chi connectivity index (χ1v) is 15.0. The molecule has 6 aromatic rings. The summed E-state index contributed by atoms with van der Waals surface area (Å²) in [6.07, 6.45) is 1.85. The number of rotatable bonds is 5. The highest BCUT2D eigenvalue weighted by Crippen LogP contribution is 2.45. The molecule has 1 atom stereocenters. The summed E-state index contributed by atoms with van der Waals surface area (Å²) in [5.41, 5.74) is 5.83. The summed E-state index contributed by atoms with van der Waals surface area (Å²) in [7, 11) is 0. The van der Waals surface area contributed by atoms with E-state index in [0.29, 0.717) is 33.5 Å². The van der Waals surface area contributed by atoms with Gasteiger partial charge in [-0.3, -0.25) is 14.5 Å². The molecule has 0 aliphatic carbocycles. The molecule has 0 radical (unpaired) electrons. The number of fused-ring (bicyclic) bond motifs is 2. The van der Waals surface area contributed by atoms with Gasteiger partial charge in [0, 0.05) is 6.20 Å². The van der Waals surface area contributed by atoms with Crippen molar-refractivity contribution < 1.29 is 19.4 Å². The van der Waals surface area contributed by atoms with E-state index in [1.807, 2.05) is 105 Å². The van der Waals surface area contributed by atoms with Gasteiger partial charge in [0.2, 0.25) is 0 Å². The average molecular weight is 601 g/mol. The Labute approximate surface area is 257 Å². The topological polar surface area (TPSA) is 97.0 Å². The number of carbonyl (C=O) groups excluding carboxylic acids is 2. The Balaban J connectivity index is 1.44. The van der Waals surface area contributed by atoms with Crippen molar-refractivity contribution in [1.82, 2.24) is 14.4 Å². The normalized spacial score (nSPS) is 16.4. The monoisotopic (exact) mass is 600 g/mol. The summed E-state index contributed by atoms with van der Waals surface area (Å²) in [6, 6.07) is 23.5. The summed E-state index contributed by atoms with van der Waals surface area (Å²) in [6.45, 7) is 7.74. The number of ether oxygens (including phenoxy) is 1. The lowest BCUT2D eigenvalue weighted by Crippen LogP contribution is -2.29. The van der Waals surface area contributed by atoms with Crippen LogP contribution in [0.4, 0.5) is 5.13 Å². The van der Waals surface area contributed by atoms with Crippen molar-refractivity contribution >= 4 is 49.8 Å². The molecule has 1 saturated heterocycles. The van der Waals surface area contributed by atoms with Gasteiger partial charge in [-0.15, -0.1) is 0 Å². The molecule has 8 nitrogen and oxygen atoms in total. The number of amides is 1. The molecule has 7 rings (SSSR count). The number of aliphatic hydroxyl groups is 1. The predicted molar refractivity (Wildman–Crippen MR) is 172 cm³/mol. The van der Waals surface area contributed by atoms with Gasteiger partial charge in [-0.25, -0.2) is 9.97 Å². The minimum absolute atomic E-state index is 0.0526. The highest BCUT2D eigenvalue weighted by molar-refractivity contribution is 7.22. The predicted octanol–water partition coefficient (Wildman–Crippen LogP) is 7.60. The number of benzene rings is 3. The third kappa shape index (κ3) is 4.44. The number of nitrogens with zero attached hydrogens (tertiary/aromatic N) is 4. The maximum Gasteiger partial charge on any atom is 0.301 e. The average Bonchev–Trinajstić information content (AvgIpc) is 3.66. The van der Waals surface area contributed by atoms with Gasteiger partial charge in [0.05, 0.1) is 27.5 Å². The molecule has 4 heterocycles. The number of carbonyl (C=O) groups is 2. The third-order valence-electron chi connectivity index (χ3n) is 7.93. The van der Waals surface area contributed by atoms with Crippen LogP contribution in [0.25, 0.3) is 21.6 Å². The molecule has 1 amide bonds. The van der Waals surface area contributed by atoms with Gasteiger partial charge in [0.15, 0.2) is 10.9 Å². The lowest BCUT2D eigenvalue weighted by Gasteiger charge is -2.23. The molecule has 9 heteroatoms. The lowest BCUT2D eigenvalue weighted by atomic mass is 9.96. The number of pyridine rings is 1. The zero-order valence-electron chi connectivity index (χ0n) is 24.5. The second kappa shape index (κ2) is 10.5. The Kier molecular flexibility index (Phi) is 6.55. The number of imidazole rings is 1. The van der Waals surface area contributed by atoms with Crippen LogP contribution in [0.5, 0.6) is 11.5 Å². The first kappa shape index (κ1) is 27.5. The van der Waals surface area contributed by atoms with E-state index in [9.17, 15) is 14.7 Å². The zero-order chi connectivity index (χ0) is 30.7. The van der Waals surface area contributed by atoms with E-state index >= 15 is 0 Å². The van der Waals surface area contributed by atoms with Crippen molar-refractivity contribution in [1.29, 1.82) is 0 Å². The van der Waals surface area contributed by atoms with E-state index in [0.717, 1.165) is 26.9 Å². The quantitative estimate of drug-likeness (QED) is 0.124. The Morgan fingerprint density at radius 3 is 2.41 bits per heavy atom. The van der Waals surface area contributed by atoms with Gasteiger partial charge in [0.1, 0.15) is 22.8 Å². The van der Waals surface area contributed by atoms with Gasteiger partial charge in [0.25, 0.3) is 5.78 Å². The number of ketones is 1. The van der Waals surface area contributed by atoms with E-state index in [-0.39, 0.29) is 17.0 Å². The second-order valence-electron chi connectivity index (χ2n) is 11.0. The Bertz CT molecular complexity index is 2160. The van der Waals surface area contributed by atoms with E-state index in [1.165, 1.54) is 16.2 Å². The molecule has 218 valence electrons. The molecule has 1 aliphatic heterocycles. The van der Waals surface area contributed by atoms with Gasteiger partial charge in [-0.05, 0) is 86.3 Å². The van der Waals surface area contributed by atoms with Crippen LogP contribution >= 0.6 is 11.3 Å². The maximum absolute atomic E-state index is 13.9. The fourth-order valence-electron chi connectivity index (χ4n) is 5.85. The van der Waals surface area contributed by atoms with Crippen molar-refractivity contribution in [2.45, 2.75) is 33.7 Å². The Morgan fingerprint density at radius 2 is 1.64 bits per heavy atom. The number of aryl methyl sites for hydroxylation is 4. The summed E-state index contributed by atoms with van der Waals surface area (Å²) in [5.74, 6) is -0.737. The van der Waals surface area contributed by atoms with Crippen LogP contribution in [0.1, 0.15) is 39.7 Å². The molecule has 1 fully saturated rings. The molecular formula is C35H28N4O4S. The second-order valence-corrected chi connectivity index (χ2v) is 12.0. The number of hydrogen-bond acceptors (Lipinski definition) is 7. The summed E-state index contributed by atoms with van der Waals surface area (Å²) in [5, 5.41) is 12.2. The van der Waals surface area contributed by atoms with Crippen LogP contribution in [0.2, 0.25) is 0 Å². The SMILES string of the molecule is Cc1cc(C)c2nc(N3C(=O)C(=O)C(=C(O)c4nc5c(C)cccn5c4C)C3c3cccc(Oc4ccccc4)c3)sc2c1. The number of thiazole rings is 1. The molecule has 0 spiro atoms. The van der Waals surface area contributed by atoms with E-state index in [2.05, 4.69) is 0 Å². The third-order valence-corrected chi connectivity index (χ3v) is 8.93. The van der Waals surface area contributed by atoms with Gasteiger partial charge >= 0.3 is 5.91 Å². The number of aromatic nitrogens is 3.